The lowest BCUT2D eigenvalue weighted by Gasteiger charge is -2.22. The van der Waals surface area contributed by atoms with Crippen LogP contribution in [-0.2, 0) is 10.0 Å². The molecular weight excluding hydrogens is 318 g/mol. The van der Waals surface area contributed by atoms with Gasteiger partial charge in [0, 0.05) is 12.6 Å². The van der Waals surface area contributed by atoms with E-state index in [1.807, 2.05) is 73.7 Å². The summed E-state index contributed by atoms with van der Waals surface area (Å²) >= 11 is 0. The SMILES string of the molecule is Cc1ccc(S(=O)(=O)N(C)c2ccccc2-c2ccccc2)cc1. The molecule has 3 nitrogen and oxygen atoms in total. The molecule has 0 amide bonds. The van der Waals surface area contributed by atoms with Crippen molar-refractivity contribution in [3.05, 3.63) is 84.4 Å². The number of benzene rings is 3. The molecule has 0 bridgehead atoms. The largest absolute Gasteiger partial charge is 0.269 e. The molecule has 0 heterocycles. The molecule has 3 aromatic carbocycles. The molecule has 3 rings (SSSR count). The lowest BCUT2D eigenvalue weighted by atomic mass is 10.0. The van der Waals surface area contributed by atoms with Gasteiger partial charge in [0.25, 0.3) is 10.0 Å². The summed E-state index contributed by atoms with van der Waals surface area (Å²) in [7, 11) is -2.01. The van der Waals surface area contributed by atoms with Gasteiger partial charge >= 0.3 is 0 Å². The number of rotatable bonds is 4. The van der Waals surface area contributed by atoms with E-state index in [-0.39, 0.29) is 0 Å². The van der Waals surface area contributed by atoms with Crippen LogP contribution in [-0.4, -0.2) is 15.5 Å². The van der Waals surface area contributed by atoms with Crippen molar-refractivity contribution in [2.45, 2.75) is 11.8 Å². The third kappa shape index (κ3) is 3.05. The Kier molecular flexibility index (Phi) is 4.40. The molecule has 122 valence electrons. The highest BCUT2D eigenvalue weighted by Crippen LogP contribution is 2.32. The first-order valence-corrected chi connectivity index (χ1v) is 9.14. The topological polar surface area (TPSA) is 37.4 Å². The van der Waals surface area contributed by atoms with Gasteiger partial charge in [0.1, 0.15) is 0 Å². The van der Waals surface area contributed by atoms with Crippen molar-refractivity contribution in [3.63, 3.8) is 0 Å². The minimum absolute atomic E-state index is 0.290. The van der Waals surface area contributed by atoms with Crippen LogP contribution in [0, 0.1) is 6.92 Å². The van der Waals surface area contributed by atoms with Crippen LogP contribution in [0.2, 0.25) is 0 Å². The average Bonchev–Trinajstić information content (AvgIpc) is 2.62. The normalized spacial score (nSPS) is 11.2. The molecule has 0 saturated heterocycles. The van der Waals surface area contributed by atoms with Gasteiger partial charge < -0.3 is 0 Å². The van der Waals surface area contributed by atoms with Crippen LogP contribution in [0.3, 0.4) is 0 Å². The first-order valence-electron chi connectivity index (χ1n) is 7.70. The molecule has 24 heavy (non-hydrogen) atoms. The predicted molar refractivity (Wildman–Crippen MR) is 98.6 cm³/mol. The zero-order valence-electron chi connectivity index (χ0n) is 13.7. The van der Waals surface area contributed by atoms with Gasteiger partial charge in [-0.15, -0.1) is 0 Å². The van der Waals surface area contributed by atoms with Crippen molar-refractivity contribution in [1.82, 2.24) is 0 Å². The second kappa shape index (κ2) is 6.49. The Morgan fingerprint density at radius 2 is 1.33 bits per heavy atom. The molecule has 0 aliphatic rings. The quantitative estimate of drug-likeness (QED) is 0.703. The van der Waals surface area contributed by atoms with Crippen molar-refractivity contribution < 1.29 is 8.42 Å². The Balaban J connectivity index is 2.08. The maximum Gasteiger partial charge on any atom is 0.264 e. The fourth-order valence-corrected chi connectivity index (χ4v) is 3.82. The molecule has 0 aliphatic carbocycles. The first kappa shape index (κ1) is 16.3. The van der Waals surface area contributed by atoms with Crippen LogP contribution >= 0.6 is 0 Å². The van der Waals surface area contributed by atoms with E-state index in [2.05, 4.69) is 0 Å². The molecule has 0 N–H and O–H groups in total. The van der Waals surface area contributed by atoms with Crippen LogP contribution in [0.25, 0.3) is 11.1 Å². The van der Waals surface area contributed by atoms with Gasteiger partial charge in [-0.25, -0.2) is 8.42 Å². The fraction of sp³-hybridized carbons (Fsp3) is 0.100. The molecule has 0 unspecified atom stereocenters. The lowest BCUT2D eigenvalue weighted by molar-refractivity contribution is 0.594. The highest BCUT2D eigenvalue weighted by molar-refractivity contribution is 7.92. The standard InChI is InChI=1S/C20H19NO2S/c1-16-12-14-18(15-13-16)24(22,23)21(2)20-11-7-6-10-19(20)17-8-4-3-5-9-17/h3-15H,1-2H3. The molecule has 0 aliphatic heterocycles. The summed E-state index contributed by atoms with van der Waals surface area (Å²) < 4.78 is 27.3. The van der Waals surface area contributed by atoms with Crippen LogP contribution in [0.1, 0.15) is 5.56 Å². The molecule has 4 heteroatoms. The van der Waals surface area contributed by atoms with Gasteiger partial charge in [0.15, 0.2) is 0 Å². The molecule has 3 aromatic rings. The van der Waals surface area contributed by atoms with Crippen LogP contribution in [0.15, 0.2) is 83.8 Å². The van der Waals surface area contributed by atoms with Crippen LogP contribution in [0.4, 0.5) is 5.69 Å². The van der Waals surface area contributed by atoms with Gasteiger partial charge in [0.2, 0.25) is 0 Å². The number of aryl methyl sites for hydroxylation is 1. The van der Waals surface area contributed by atoms with Gasteiger partial charge in [0.05, 0.1) is 10.6 Å². The first-order chi connectivity index (χ1) is 11.5. The van der Waals surface area contributed by atoms with E-state index in [0.717, 1.165) is 16.7 Å². The van der Waals surface area contributed by atoms with E-state index in [0.29, 0.717) is 10.6 Å². The Morgan fingerprint density at radius 3 is 2.00 bits per heavy atom. The average molecular weight is 337 g/mol. The Labute approximate surface area is 143 Å². The number of hydrogen-bond donors (Lipinski definition) is 0. The van der Waals surface area contributed by atoms with E-state index in [1.54, 1.807) is 19.2 Å². The summed E-state index contributed by atoms with van der Waals surface area (Å²) in [6.07, 6.45) is 0. The highest BCUT2D eigenvalue weighted by atomic mass is 32.2. The minimum Gasteiger partial charge on any atom is -0.269 e. The number of nitrogens with zero attached hydrogens (tertiary/aromatic N) is 1. The molecular formula is C20H19NO2S. The van der Waals surface area contributed by atoms with Crippen molar-refractivity contribution in [2.24, 2.45) is 0 Å². The van der Waals surface area contributed by atoms with Crippen LogP contribution in [0.5, 0.6) is 0 Å². The number of anilines is 1. The maximum absolute atomic E-state index is 13.0. The molecule has 0 radical (unpaired) electrons. The van der Waals surface area contributed by atoms with Crippen molar-refractivity contribution in [3.8, 4) is 11.1 Å². The van der Waals surface area contributed by atoms with E-state index < -0.39 is 10.0 Å². The molecule has 0 atom stereocenters. The Morgan fingerprint density at radius 1 is 0.750 bits per heavy atom. The van der Waals surface area contributed by atoms with Crippen molar-refractivity contribution >= 4 is 15.7 Å². The number of hydrogen-bond acceptors (Lipinski definition) is 2. The van der Waals surface area contributed by atoms with E-state index >= 15 is 0 Å². The Bertz CT molecular complexity index is 933. The summed E-state index contributed by atoms with van der Waals surface area (Å²) in [6.45, 7) is 1.94. The van der Waals surface area contributed by atoms with Crippen molar-refractivity contribution in [2.75, 3.05) is 11.4 Å². The monoisotopic (exact) mass is 337 g/mol. The summed E-state index contributed by atoms with van der Waals surface area (Å²) in [5.41, 5.74) is 3.56. The summed E-state index contributed by atoms with van der Waals surface area (Å²) in [5, 5.41) is 0. The third-order valence-corrected chi connectivity index (χ3v) is 5.79. The molecule has 0 spiro atoms. The Hall–Kier alpha value is -2.59. The van der Waals surface area contributed by atoms with E-state index in [9.17, 15) is 8.42 Å². The zero-order valence-corrected chi connectivity index (χ0v) is 14.5. The number of para-hydroxylation sites is 1. The molecule has 0 saturated carbocycles. The highest BCUT2D eigenvalue weighted by Gasteiger charge is 2.23. The third-order valence-electron chi connectivity index (χ3n) is 4.01. The minimum atomic E-state index is -3.61. The maximum atomic E-state index is 13.0. The van der Waals surface area contributed by atoms with Gasteiger partial charge in [-0.2, -0.15) is 0 Å². The van der Waals surface area contributed by atoms with E-state index in [1.165, 1.54) is 4.31 Å². The van der Waals surface area contributed by atoms with Crippen molar-refractivity contribution in [1.29, 1.82) is 0 Å². The summed E-state index contributed by atoms with van der Waals surface area (Å²) in [6, 6.07) is 24.2. The van der Waals surface area contributed by atoms with Gasteiger partial charge in [-0.3, -0.25) is 4.31 Å². The van der Waals surface area contributed by atoms with E-state index in [4.69, 9.17) is 0 Å². The van der Waals surface area contributed by atoms with Gasteiger partial charge in [-0.05, 0) is 30.7 Å². The zero-order chi connectivity index (χ0) is 17.2. The fourth-order valence-electron chi connectivity index (χ4n) is 2.61. The van der Waals surface area contributed by atoms with Gasteiger partial charge in [-0.1, -0.05) is 66.2 Å². The second-order valence-electron chi connectivity index (χ2n) is 5.67. The lowest BCUT2D eigenvalue weighted by Crippen LogP contribution is -2.27. The summed E-state index contributed by atoms with van der Waals surface area (Å²) in [5.74, 6) is 0. The molecule has 0 aromatic heterocycles. The number of sulfonamides is 1. The van der Waals surface area contributed by atoms with Crippen LogP contribution < -0.4 is 4.31 Å². The second-order valence-corrected chi connectivity index (χ2v) is 7.64. The predicted octanol–water partition coefficient (Wildman–Crippen LogP) is 4.49. The molecule has 0 fully saturated rings. The summed E-state index contributed by atoms with van der Waals surface area (Å²) in [4.78, 5) is 0.290. The smallest absolute Gasteiger partial charge is 0.264 e.